The van der Waals surface area contributed by atoms with E-state index in [1.165, 1.54) is 0 Å². The largest absolute Gasteiger partial charge is 0.508 e. The highest BCUT2D eigenvalue weighted by Gasteiger charge is 2.18. The predicted octanol–water partition coefficient (Wildman–Crippen LogP) is 1.66. The second-order valence-electron chi connectivity index (χ2n) is 4.24. The first-order valence-electron chi connectivity index (χ1n) is 5.79. The van der Waals surface area contributed by atoms with Crippen LogP contribution in [0.3, 0.4) is 0 Å². The lowest BCUT2D eigenvalue weighted by atomic mass is 10.1. The summed E-state index contributed by atoms with van der Waals surface area (Å²) in [5.74, 6) is 0.665. The first kappa shape index (κ1) is 10.4. The number of ether oxygens (including phenoxy) is 1. The maximum absolute atomic E-state index is 9.44. The number of aromatic nitrogens is 1. The van der Waals surface area contributed by atoms with Crippen LogP contribution in [-0.2, 0) is 0 Å². The van der Waals surface area contributed by atoms with Crippen LogP contribution in [0, 0.1) is 0 Å². The zero-order valence-electron chi connectivity index (χ0n) is 9.35. The first-order valence-corrected chi connectivity index (χ1v) is 5.79. The van der Waals surface area contributed by atoms with Crippen LogP contribution in [0.4, 0.5) is 0 Å². The monoisotopic (exact) mass is 234 g/mol. The molecular formula is C12H14N2O3. The summed E-state index contributed by atoms with van der Waals surface area (Å²) in [7, 11) is 0. The number of rotatable bonds is 2. The fraction of sp³-hybridized carbons (Fsp3) is 0.417. The first-order chi connectivity index (χ1) is 8.33. The summed E-state index contributed by atoms with van der Waals surface area (Å²) < 4.78 is 11.0. The van der Waals surface area contributed by atoms with Crippen LogP contribution >= 0.6 is 0 Å². The average Bonchev–Trinajstić information content (AvgIpc) is 2.73. The Bertz CT molecular complexity index is 517. The molecule has 5 nitrogen and oxygen atoms in total. The van der Waals surface area contributed by atoms with Gasteiger partial charge >= 0.3 is 0 Å². The van der Waals surface area contributed by atoms with Gasteiger partial charge in [0.05, 0.1) is 5.39 Å². The number of nitrogens with one attached hydrogen (secondary N) is 1. The van der Waals surface area contributed by atoms with E-state index in [0.717, 1.165) is 31.3 Å². The number of piperidine rings is 1. The van der Waals surface area contributed by atoms with E-state index in [2.05, 4.69) is 10.5 Å². The van der Waals surface area contributed by atoms with Crippen LogP contribution in [0.15, 0.2) is 22.7 Å². The van der Waals surface area contributed by atoms with Gasteiger partial charge in [0, 0.05) is 0 Å². The molecule has 2 N–H and O–H groups in total. The quantitative estimate of drug-likeness (QED) is 0.827. The number of nitrogens with zero attached hydrogens (tertiary/aromatic N) is 1. The summed E-state index contributed by atoms with van der Waals surface area (Å²) in [6.07, 6.45) is 2.10. The Hall–Kier alpha value is -1.75. The highest BCUT2D eigenvalue weighted by Crippen LogP contribution is 2.29. The zero-order chi connectivity index (χ0) is 11.7. The topological polar surface area (TPSA) is 67.5 Å². The molecule has 1 aliphatic heterocycles. The van der Waals surface area contributed by atoms with Crippen LogP contribution in [0.2, 0.25) is 0 Å². The molecule has 1 fully saturated rings. The van der Waals surface area contributed by atoms with Gasteiger partial charge in [-0.05, 0) is 49.3 Å². The number of phenols is 1. The minimum atomic E-state index is 0.173. The van der Waals surface area contributed by atoms with E-state index in [4.69, 9.17) is 9.26 Å². The molecule has 0 saturated carbocycles. The van der Waals surface area contributed by atoms with Crippen molar-refractivity contribution in [2.75, 3.05) is 13.1 Å². The molecule has 0 radical (unpaired) electrons. The Morgan fingerprint density at radius 3 is 3.00 bits per heavy atom. The number of phenolic OH excluding ortho intramolecular Hbond substituents is 1. The van der Waals surface area contributed by atoms with Crippen molar-refractivity contribution < 1.29 is 14.4 Å². The van der Waals surface area contributed by atoms with Gasteiger partial charge in [-0.3, -0.25) is 0 Å². The second-order valence-corrected chi connectivity index (χ2v) is 4.24. The van der Waals surface area contributed by atoms with E-state index >= 15 is 0 Å². The highest BCUT2D eigenvalue weighted by molar-refractivity contribution is 5.83. The van der Waals surface area contributed by atoms with Crippen molar-refractivity contribution in [3.8, 4) is 11.6 Å². The molecular weight excluding hydrogens is 220 g/mol. The third kappa shape index (κ3) is 2.06. The lowest BCUT2D eigenvalue weighted by Gasteiger charge is -2.22. The predicted molar refractivity (Wildman–Crippen MR) is 62.2 cm³/mol. The van der Waals surface area contributed by atoms with Gasteiger partial charge in [-0.1, -0.05) is 0 Å². The van der Waals surface area contributed by atoms with Crippen LogP contribution in [0.1, 0.15) is 12.8 Å². The van der Waals surface area contributed by atoms with Gasteiger partial charge in [0.25, 0.3) is 5.88 Å². The Morgan fingerprint density at radius 1 is 1.35 bits per heavy atom. The molecule has 0 unspecified atom stereocenters. The summed E-state index contributed by atoms with van der Waals surface area (Å²) >= 11 is 0. The van der Waals surface area contributed by atoms with Gasteiger partial charge in [0.15, 0.2) is 5.58 Å². The van der Waals surface area contributed by atoms with Gasteiger partial charge in [-0.25, -0.2) is 0 Å². The fourth-order valence-electron chi connectivity index (χ4n) is 2.06. The van der Waals surface area contributed by atoms with Crippen molar-refractivity contribution in [2.45, 2.75) is 18.9 Å². The highest BCUT2D eigenvalue weighted by atomic mass is 16.5. The number of fused-ring (bicyclic) bond motifs is 1. The fourth-order valence-corrected chi connectivity index (χ4v) is 2.06. The van der Waals surface area contributed by atoms with E-state index < -0.39 is 0 Å². The molecule has 1 aromatic carbocycles. The maximum Gasteiger partial charge on any atom is 0.262 e. The molecule has 0 bridgehead atoms. The SMILES string of the molecule is Oc1ccc2onc(OC3CCNCC3)c2c1. The lowest BCUT2D eigenvalue weighted by molar-refractivity contribution is 0.151. The molecule has 0 aliphatic carbocycles. The van der Waals surface area contributed by atoms with Crippen molar-refractivity contribution in [3.63, 3.8) is 0 Å². The van der Waals surface area contributed by atoms with Crippen LogP contribution in [-0.4, -0.2) is 29.5 Å². The van der Waals surface area contributed by atoms with Gasteiger partial charge in [0.1, 0.15) is 11.9 Å². The third-order valence-electron chi connectivity index (χ3n) is 2.98. The number of benzene rings is 1. The molecule has 90 valence electrons. The molecule has 1 aromatic heterocycles. The molecule has 5 heteroatoms. The van der Waals surface area contributed by atoms with E-state index in [1.807, 2.05) is 0 Å². The lowest BCUT2D eigenvalue weighted by Crippen LogP contribution is -2.34. The molecule has 1 saturated heterocycles. The van der Waals surface area contributed by atoms with Gasteiger partial charge in [-0.2, -0.15) is 0 Å². The normalized spacial score (nSPS) is 17.4. The maximum atomic E-state index is 9.44. The van der Waals surface area contributed by atoms with Crippen molar-refractivity contribution in [1.82, 2.24) is 10.5 Å². The molecule has 17 heavy (non-hydrogen) atoms. The van der Waals surface area contributed by atoms with Gasteiger partial charge in [0.2, 0.25) is 0 Å². The molecule has 0 atom stereocenters. The number of aromatic hydroxyl groups is 1. The van der Waals surface area contributed by atoms with E-state index in [9.17, 15) is 5.11 Å². The summed E-state index contributed by atoms with van der Waals surface area (Å²) in [6.45, 7) is 1.93. The van der Waals surface area contributed by atoms with E-state index in [0.29, 0.717) is 11.5 Å². The van der Waals surface area contributed by atoms with E-state index in [1.54, 1.807) is 18.2 Å². The molecule has 0 spiro atoms. The Kier molecular flexibility index (Phi) is 2.60. The Balaban J connectivity index is 1.86. The smallest absolute Gasteiger partial charge is 0.262 e. The van der Waals surface area contributed by atoms with Gasteiger partial charge < -0.3 is 19.7 Å². The zero-order valence-corrected chi connectivity index (χ0v) is 9.35. The summed E-state index contributed by atoms with van der Waals surface area (Å²) in [5.41, 5.74) is 0.631. The summed E-state index contributed by atoms with van der Waals surface area (Å²) in [5, 5.41) is 17.3. The molecule has 2 aromatic rings. The molecule has 1 aliphatic rings. The van der Waals surface area contributed by atoms with E-state index in [-0.39, 0.29) is 11.9 Å². The van der Waals surface area contributed by atoms with Crippen LogP contribution in [0.25, 0.3) is 11.0 Å². The van der Waals surface area contributed by atoms with Crippen LogP contribution < -0.4 is 10.1 Å². The summed E-state index contributed by atoms with van der Waals surface area (Å²) in [6, 6.07) is 4.87. The average molecular weight is 234 g/mol. The Labute approximate surface area is 98.4 Å². The molecule has 0 amide bonds. The number of hydrogen-bond donors (Lipinski definition) is 2. The Morgan fingerprint density at radius 2 is 2.18 bits per heavy atom. The molecule has 3 rings (SSSR count). The molecule has 2 heterocycles. The van der Waals surface area contributed by atoms with Crippen molar-refractivity contribution in [3.05, 3.63) is 18.2 Å². The van der Waals surface area contributed by atoms with Gasteiger partial charge in [-0.15, -0.1) is 0 Å². The standard InChI is InChI=1S/C12H14N2O3/c15-8-1-2-11-10(7-8)12(14-17-11)16-9-3-5-13-6-4-9/h1-2,7,9,13,15H,3-6H2. The number of hydrogen-bond acceptors (Lipinski definition) is 5. The van der Waals surface area contributed by atoms with Crippen molar-refractivity contribution in [1.29, 1.82) is 0 Å². The summed E-state index contributed by atoms with van der Waals surface area (Å²) in [4.78, 5) is 0. The van der Waals surface area contributed by atoms with Crippen molar-refractivity contribution in [2.24, 2.45) is 0 Å². The second kappa shape index (κ2) is 4.25. The third-order valence-corrected chi connectivity index (χ3v) is 2.98. The van der Waals surface area contributed by atoms with Crippen LogP contribution in [0.5, 0.6) is 11.6 Å². The van der Waals surface area contributed by atoms with Crippen molar-refractivity contribution >= 4 is 11.0 Å². The minimum absolute atomic E-state index is 0.173. The minimum Gasteiger partial charge on any atom is -0.508 e.